The normalized spacial score (nSPS) is 34.8. The molecule has 1 heterocycles. The summed E-state index contributed by atoms with van der Waals surface area (Å²) in [5, 5.41) is 8.26. The topological polar surface area (TPSA) is 71.1 Å². The van der Waals surface area contributed by atoms with Gasteiger partial charge in [0.1, 0.15) is 6.04 Å². The molecule has 4 fully saturated rings. The second kappa shape index (κ2) is 5.83. The average Bonchev–Trinajstić information content (AvgIpc) is 2.94. The smallest absolute Gasteiger partial charge is 0.248 e. The van der Waals surface area contributed by atoms with Crippen molar-refractivity contribution in [2.24, 2.45) is 17.8 Å². The third-order valence-electron chi connectivity index (χ3n) is 6.13. The second-order valence-electron chi connectivity index (χ2n) is 8.15. The lowest BCUT2D eigenvalue weighted by Gasteiger charge is -2.56. The first-order valence-corrected chi connectivity index (χ1v) is 9.85. The van der Waals surface area contributed by atoms with Crippen LogP contribution in [0.2, 0.25) is 0 Å². The fourth-order valence-corrected chi connectivity index (χ4v) is 6.42. The first kappa shape index (κ1) is 16.1. The Morgan fingerprint density at radius 2 is 1.79 bits per heavy atom. The summed E-state index contributed by atoms with van der Waals surface area (Å²) in [4.78, 5) is 28.0. The van der Waals surface area contributed by atoms with Gasteiger partial charge in [0, 0.05) is 17.7 Å². The van der Waals surface area contributed by atoms with Gasteiger partial charge in [-0.2, -0.15) is 0 Å². The van der Waals surface area contributed by atoms with E-state index in [2.05, 4.69) is 16.0 Å². The van der Waals surface area contributed by atoms with E-state index in [1.807, 2.05) is 0 Å². The lowest BCUT2D eigenvalue weighted by Crippen LogP contribution is -2.48. The summed E-state index contributed by atoms with van der Waals surface area (Å²) < 4.78 is 0. The molecule has 4 bridgehead atoms. The van der Waals surface area contributed by atoms with Crippen molar-refractivity contribution in [2.45, 2.75) is 63.8 Å². The van der Waals surface area contributed by atoms with Crippen LogP contribution in [0.3, 0.4) is 0 Å². The molecule has 4 saturated carbocycles. The second-order valence-corrected chi connectivity index (χ2v) is 9.01. The molecule has 0 aromatic carbocycles. The van der Waals surface area contributed by atoms with Crippen LogP contribution in [0.5, 0.6) is 0 Å². The minimum absolute atomic E-state index is 0.203. The highest BCUT2D eigenvalue weighted by molar-refractivity contribution is 7.14. The van der Waals surface area contributed by atoms with Crippen molar-refractivity contribution in [1.29, 1.82) is 0 Å². The third-order valence-corrected chi connectivity index (χ3v) is 6.89. The molecule has 130 valence electrons. The SMILES string of the molecule is CC(=O)NC(C)C(=O)Nc1nc(C23CC4CC(CC(C4)C2)C3)cs1. The summed E-state index contributed by atoms with van der Waals surface area (Å²) in [7, 11) is 0. The number of thiazole rings is 1. The van der Waals surface area contributed by atoms with Crippen molar-refractivity contribution in [1.82, 2.24) is 10.3 Å². The summed E-state index contributed by atoms with van der Waals surface area (Å²) in [6, 6.07) is -0.547. The number of amides is 2. The molecule has 4 aliphatic rings. The Hall–Kier alpha value is -1.43. The Balaban J connectivity index is 1.47. The van der Waals surface area contributed by atoms with Crippen LogP contribution >= 0.6 is 11.3 Å². The standard InChI is InChI=1S/C18H25N3O2S/c1-10(19-11(2)22)16(23)21-17-20-15(9-24-17)18-6-12-3-13(7-18)5-14(4-12)8-18/h9-10,12-14H,3-8H2,1-2H3,(H,19,22)(H,20,21,23). The molecule has 1 aromatic rings. The van der Waals surface area contributed by atoms with Gasteiger partial charge in [-0.15, -0.1) is 11.3 Å². The van der Waals surface area contributed by atoms with Gasteiger partial charge < -0.3 is 10.6 Å². The number of carbonyl (C=O) groups excluding carboxylic acids is 2. The predicted molar refractivity (Wildman–Crippen MR) is 93.9 cm³/mol. The van der Waals surface area contributed by atoms with Crippen LogP contribution in [0.1, 0.15) is 58.1 Å². The van der Waals surface area contributed by atoms with Crippen molar-refractivity contribution >= 4 is 28.3 Å². The number of hydrogen-bond donors (Lipinski definition) is 2. The highest BCUT2D eigenvalue weighted by atomic mass is 32.1. The maximum atomic E-state index is 12.1. The molecule has 1 aromatic heterocycles. The Kier molecular flexibility index (Phi) is 3.90. The Bertz CT molecular complexity index is 634. The van der Waals surface area contributed by atoms with E-state index in [9.17, 15) is 9.59 Å². The zero-order chi connectivity index (χ0) is 16.9. The van der Waals surface area contributed by atoms with Crippen molar-refractivity contribution < 1.29 is 9.59 Å². The summed E-state index contributed by atoms with van der Waals surface area (Å²) in [6.45, 7) is 3.10. The fraction of sp³-hybridized carbons (Fsp3) is 0.722. The van der Waals surface area contributed by atoms with E-state index in [-0.39, 0.29) is 17.2 Å². The summed E-state index contributed by atoms with van der Waals surface area (Å²) in [5.41, 5.74) is 1.45. The molecule has 2 amide bonds. The van der Waals surface area contributed by atoms with Crippen molar-refractivity contribution in [3.8, 4) is 0 Å². The van der Waals surface area contributed by atoms with Crippen LogP contribution in [-0.2, 0) is 15.0 Å². The van der Waals surface area contributed by atoms with Gasteiger partial charge in [0.2, 0.25) is 11.8 Å². The van der Waals surface area contributed by atoms with Gasteiger partial charge in [-0.3, -0.25) is 9.59 Å². The lowest BCUT2D eigenvalue weighted by atomic mass is 9.49. The monoisotopic (exact) mass is 347 g/mol. The molecule has 0 saturated heterocycles. The zero-order valence-corrected chi connectivity index (χ0v) is 15.1. The molecule has 5 nitrogen and oxygen atoms in total. The van der Waals surface area contributed by atoms with E-state index < -0.39 is 6.04 Å². The Morgan fingerprint density at radius 3 is 2.33 bits per heavy atom. The molecule has 6 heteroatoms. The number of nitrogens with one attached hydrogen (secondary N) is 2. The van der Waals surface area contributed by atoms with Crippen LogP contribution in [0.4, 0.5) is 5.13 Å². The molecule has 24 heavy (non-hydrogen) atoms. The van der Waals surface area contributed by atoms with E-state index in [4.69, 9.17) is 4.98 Å². The lowest BCUT2D eigenvalue weighted by molar-refractivity contribution is -0.124. The molecule has 4 aliphatic carbocycles. The van der Waals surface area contributed by atoms with Gasteiger partial charge in [-0.05, 0) is 63.2 Å². The number of anilines is 1. The van der Waals surface area contributed by atoms with Crippen LogP contribution < -0.4 is 10.6 Å². The number of rotatable bonds is 4. The molecule has 1 unspecified atom stereocenters. The molecule has 0 aliphatic heterocycles. The summed E-state index contributed by atoms with van der Waals surface area (Å²) in [6.07, 6.45) is 8.08. The number of aromatic nitrogens is 1. The summed E-state index contributed by atoms with van der Waals surface area (Å²) >= 11 is 1.51. The van der Waals surface area contributed by atoms with Gasteiger partial charge in [0.25, 0.3) is 0 Å². The zero-order valence-electron chi connectivity index (χ0n) is 14.3. The van der Waals surface area contributed by atoms with E-state index in [0.29, 0.717) is 5.13 Å². The van der Waals surface area contributed by atoms with Gasteiger partial charge in [0.05, 0.1) is 5.69 Å². The number of hydrogen-bond acceptors (Lipinski definition) is 4. The molecule has 2 N–H and O–H groups in total. The van der Waals surface area contributed by atoms with E-state index in [1.165, 1.54) is 62.5 Å². The van der Waals surface area contributed by atoms with E-state index in [1.54, 1.807) is 6.92 Å². The fourth-order valence-electron chi connectivity index (χ4n) is 5.58. The first-order chi connectivity index (χ1) is 11.4. The first-order valence-electron chi connectivity index (χ1n) is 8.97. The van der Waals surface area contributed by atoms with Gasteiger partial charge >= 0.3 is 0 Å². The van der Waals surface area contributed by atoms with E-state index >= 15 is 0 Å². The van der Waals surface area contributed by atoms with Gasteiger partial charge in [-0.1, -0.05) is 0 Å². The Morgan fingerprint density at radius 1 is 1.21 bits per heavy atom. The molecule has 5 rings (SSSR count). The molecular weight excluding hydrogens is 322 g/mol. The molecule has 0 radical (unpaired) electrons. The minimum Gasteiger partial charge on any atom is -0.345 e. The maximum absolute atomic E-state index is 12.1. The van der Waals surface area contributed by atoms with Crippen LogP contribution in [0.15, 0.2) is 5.38 Å². The largest absolute Gasteiger partial charge is 0.345 e. The highest BCUT2D eigenvalue weighted by Crippen LogP contribution is 2.60. The molecule has 0 spiro atoms. The number of nitrogens with zero attached hydrogens (tertiary/aromatic N) is 1. The predicted octanol–water partition coefficient (Wildman–Crippen LogP) is 3.07. The average molecular weight is 347 g/mol. The van der Waals surface area contributed by atoms with Gasteiger partial charge in [-0.25, -0.2) is 4.98 Å². The Labute approximate surface area is 146 Å². The quantitative estimate of drug-likeness (QED) is 0.879. The molecule has 1 atom stereocenters. The van der Waals surface area contributed by atoms with E-state index in [0.717, 1.165) is 17.8 Å². The van der Waals surface area contributed by atoms with Crippen LogP contribution in [0, 0.1) is 17.8 Å². The van der Waals surface area contributed by atoms with Crippen molar-refractivity contribution in [2.75, 3.05) is 5.32 Å². The van der Waals surface area contributed by atoms with Crippen molar-refractivity contribution in [3.05, 3.63) is 11.1 Å². The minimum atomic E-state index is -0.547. The van der Waals surface area contributed by atoms with Crippen LogP contribution in [0.25, 0.3) is 0 Å². The number of carbonyl (C=O) groups is 2. The molecular formula is C18H25N3O2S. The highest BCUT2D eigenvalue weighted by Gasteiger charge is 2.52. The summed E-state index contributed by atoms with van der Waals surface area (Å²) in [5.74, 6) is 2.24. The van der Waals surface area contributed by atoms with Gasteiger partial charge in [0.15, 0.2) is 5.13 Å². The maximum Gasteiger partial charge on any atom is 0.248 e. The van der Waals surface area contributed by atoms with Crippen LogP contribution in [-0.4, -0.2) is 22.8 Å². The third kappa shape index (κ3) is 2.85. The van der Waals surface area contributed by atoms with Crippen molar-refractivity contribution in [3.63, 3.8) is 0 Å².